The number of aryl methyl sites for hydroxylation is 1. The summed E-state index contributed by atoms with van der Waals surface area (Å²) in [7, 11) is 0. The Morgan fingerprint density at radius 3 is 2.67 bits per heavy atom. The summed E-state index contributed by atoms with van der Waals surface area (Å²) in [6, 6.07) is 12.6. The second-order valence-corrected chi connectivity index (χ2v) is 5.85. The molecule has 124 valence electrons. The third-order valence-electron chi connectivity index (χ3n) is 3.89. The number of anilines is 2. The molecule has 3 amide bonds. The van der Waals surface area contributed by atoms with Crippen molar-refractivity contribution in [1.82, 2.24) is 5.32 Å². The van der Waals surface area contributed by atoms with Gasteiger partial charge in [0, 0.05) is 24.3 Å². The molecule has 5 nitrogen and oxygen atoms in total. The quantitative estimate of drug-likeness (QED) is 0.910. The van der Waals surface area contributed by atoms with Gasteiger partial charge < -0.3 is 15.5 Å². The van der Waals surface area contributed by atoms with E-state index in [-0.39, 0.29) is 24.4 Å². The first-order chi connectivity index (χ1) is 11.5. The second-order valence-electron chi connectivity index (χ2n) is 5.85. The highest BCUT2D eigenvalue weighted by Gasteiger charge is 2.31. The summed E-state index contributed by atoms with van der Waals surface area (Å²) >= 11 is 0. The molecule has 2 N–H and O–H groups in total. The van der Waals surface area contributed by atoms with E-state index in [1.165, 1.54) is 17.0 Å². The Kier molecular flexibility index (Phi) is 4.46. The Morgan fingerprint density at radius 2 is 1.96 bits per heavy atom. The van der Waals surface area contributed by atoms with Gasteiger partial charge in [0.1, 0.15) is 5.82 Å². The minimum Gasteiger partial charge on any atom is -0.333 e. The van der Waals surface area contributed by atoms with Gasteiger partial charge in [-0.25, -0.2) is 9.18 Å². The zero-order chi connectivity index (χ0) is 17.1. The Balaban J connectivity index is 1.59. The van der Waals surface area contributed by atoms with Gasteiger partial charge in [0.2, 0.25) is 5.91 Å². The van der Waals surface area contributed by atoms with E-state index in [1.807, 2.05) is 31.2 Å². The molecule has 1 fully saturated rings. The van der Waals surface area contributed by atoms with Crippen LogP contribution < -0.4 is 15.5 Å². The summed E-state index contributed by atoms with van der Waals surface area (Å²) in [5, 5.41) is 5.52. The number of halogens is 1. The van der Waals surface area contributed by atoms with Gasteiger partial charge in [-0.3, -0.25) is 4.79 Å². The average Bonchev–Trinajstić information content (AvgIpc) is 2.90. The molecule has 0 bridgehead atoms. The fourth-order valence-corrected chi connectivity index (χ4v) is 2.69. The lowest BCUT2D eigenvalue weighted by molar-refractivity contribution is -0.117. The lowest BCUT2D eigenvalue weighted by atomic mass is 10.2. The normalized spacial score (nSPS) is 17.0. The Morgan fingerprint density at radius 1 is 1.21 bits per heavy atom. The van der Waals surface area contributed by atoms with E-state index in [0.717, 1.165) is 5.56 Å². The Bertz CT molecular complexity index is 761. The average molecular weight is 327 g/mol. The monoisotopic (exact) mass is 327 g/mol. The molecule has 0 spiro atoms. The first-order valence-electron chi connectivity index (χ1n) is 7.71. The van der Waals surface area contributed by atoms with Crippen molar-refractivity contribution < 1.29 is 14.0 Å². The smallest absolute Gasteiger partial charge is 0.319 e. The van der Waals surface area contributed by atoms with Crippen molar-refractivity contribution in [2.75, 3.05) is 16.8 Å². The first-order valence-corrected chi connectivity index (χ1v) is 7.71. The highest BCUT2D eigenvalue weighted by molar-refractivity contribution is 5.97. The summed E-state index contributed by atoms with van der Waals surface area (Å²) in [4.78, 5) is 25.6. The molecule has 0 radical (unpaired) electrons. The molecule has 1 aliphatic heterocycles. The van der Waals surface area contributed by atoms with Gasteiger partial charge in [-0.1, -0.05) is 23.8 Å². The first kappa shape index (κ1) is 16.0. The van der Waals surface area contributed by atoms with Crippen LogP contribution in [0, 0.1) is 12.7 Å². The van der Waals surface area contributed by atoms with Gasteiger partial charge in [-0.2, -0.15) is 0 Å². The van der Waals surface area contributed by atoms with Crippen molar-refractivity contribution in [3.05, 3.63) is 59.9 Å². The molecule has 1 unspecified atom stereocenters. The fraction of sp³-hybridized carbons (Fsp3) is 0.222. The third kappa shape index (κ3) is 3.71. The van der Waals surface area contributed by atoms with E-state index in [0.29, 0.717) is 17.9 Å². The largest absolute Gasteiger partial charge is 0.333 e. The highest BCUT2D eigenvalue weighted by atomic mass is 19.1. The van der Waals surface area contributed by atoms with Crippen LogP contribution in [-0.2, 0) is 4.79 Å². The molecular weight excluding hydrogens is 309 g/mol. The van der Waals surface area contributed by atoms with E-state index in [1.54, 1.807) is 12.1 Å². The standard InChI is InChI=1S/C18H18FN3O2/c1-12-5-7-14(8-6-12)20-18(24)21-15-10-17(23)22(11-15)16-4-2-3-13(19)9-16/h2-9,15H,10-11H2,1H3,(H2,20,21,24). The molecule has 1 aliphatic rings. The number of amides is 3. The maximum Gasteiger partial charge on any atom is 0.319 e. The Labute approximate surface area is 139 Å². The maximum absolute atomic E-state index is 13.3. The molecule has 0 aliphatic carbocycles. The number of nitrogens with one attached hydrogen (secondary N) is 2. The number of benzene rings is 2. The van der Waals surface area contributed by atoms with Gasteiger partial charge >= 0.3 is 6.03 Å². The molecule has 24 heavy (non-hydrogen) atoms. The third-order valence-corrected chi connectivity index (χ3v) is 3.89. The van der Waals surface area contributed by atoms with Crippen LogP contribution >= 0.6 is 0 Å². The number of urea groups is 1. The summed E-state index contributed by atoms with van der Waals surface area (Å²) in [6.07, 6.45) is 0.192. The van der Waals surface area contributed by atoms with Gasteiger partial charge in [0.15, 0.2) is 0 Å². The predicted molar refractivity (Wildman–Crippen MR) is 90.5 cm³/mol. The minimum atomic E-state index is -0.395. The molecule has 0 saturated carbocycles. The molecular formula is C18H18FN3O2. The van der Waals surface area contributed by atoms with Crippen molar-refractivity contribution in [3.8, 4) is 0 Å². The van der Waals surface area contributed by atoms with Crippen LogP contribution in [-0.4, -0.2) is 24.5 Å². The lowest BCUT2D eigenvalue weighted by Crippen LogP contribution is -2.39. The number of nitrogens with zero attached hydrogens (tertiary/aromatic N) is 1. The highest BCUT2D eigenvalue weighted by Crippen LogP contribution is 2.22. The molecule has 1 heterocycles. The van der Waals surface area contributed by atoms with Gasteiger partial charge in [0.05, 0.1) is 6.04 Å². The second kappa shape index (κ2) is 6.70. The van der Waals surface area contributed by atoms with Crippen molar-refractivity contribution in [1.29, 1.82) is 0 Å². The molecule has 6 heteroatoms. The zero-order valence-corrected chi connectivity index (χ0v) is 13.3. The van der Waals surface area contributed by atoms with E-state index < -0.39 is 5.82 Å². The molecule has 2 aromatic carbocycles. The van der Waals surface area contributed by atoms with E-state index in [4.69, 9.17) is 0 Å². The summed E-state index contributed by atoms with van der Waals surface area (Å²) in [5.41, 5.74) is 2.29. The molecule has 2 aromatic rings. The number of rotatable bonds is 3. The van der Waals surface area contributed by atoms with Crippen LogP contribution in [0.5, 0.6) is 0 Å². The molecule has 1 saturated heterocycles. The Hall–Kier alpha value is -2.89. The predicted octanol–water partition coefficient (Wildman–Crippen LogP) is 3.06. The topological polar surface area (TPSA) is 61.4 Å². The van der Waals surface area contributed by atoms with Crippen LogP contribution in [0.2, 0.25) is 0 Å². The van der Waals surface area contributed by atoms with E-state index >= 15 is 0 Å². The molecule has 3 rings (SSSR count). The van der Waals surface area contributed by atoms with Crippen LogP contribution in [0.4, 0.5) is 20.6 Å². The number of carbonyl (C=O) groups excluding carboxylic acids is 2. The summed E-state index contributed by atoms with van der Waals surface area (Å²) < 4.78 is 13.3. The van der Waals surface area contributed by atoms with Crippen LogP contribution in [0.25, 0.3) is 0 Å². The van der Waals surface area contributed by atoms with Gasteiger partial charge in [-0.05, 0) is 37.3 Å². The zero-order valence-electron chi connectivity index (χ0n) is 13.3. The van der Waals surface area contributed by atoms with Crippen molar-refractivity contribution in [2.45, 2.75) is 19.4 Å². The van der Waals surface area contributed by atoms with Crippen molar-refractivity contribution >= 4 is 23.3 Å². The molecule has 1 atom stereocenters. The van der Waals surface area contributed by atoms with Crippen molar-refractivity contribution in [2.24, 2.45) is 0 Å². The lowest BCUT2D eigenvalue weighted by Gasteiger charge is -2.17. The molecule has 0 aromatic heterocycles. The van der Waals surface area contributed by atoms with Gasteiger partial charge in [-0.15, -0.1) is 0 Å². The number of hydrogen-bond donors (Lipinski definition) is 2. The summed E-state index contributed by atoms with van der Waals surface area (Å²) in [6.45, 7) is 2.29. The van der Waals surface area contributed by atoms with E-state index in [2.05, 4.69) is 10.6 Å². The van der Waals surface area contributed by atoms with Crippen molar-refractivity contribution in [3.63, 3.8) is 0 Å². The number of hydrogen-bond acceptors (Lipinski definition) is 2. The van der Waals surface area contributed by atoms with Gasteiger partial charge in [0.25, 0.3) is 0 Å². The minimum absolute atomic E-state index is 0.138. The number of carbonyl (C=O) groups is 2. The SMILES string of the molecule is Cc1ccc(NC(=O)NC2CC(=O)N(c3cccc(F)c3)C2)cc1. The van der Waals surface area contributed by atoms with E-state index in [9.17, 15) is 14.0 Å². The fourth-order valence-electron chi connectivity index (χ4n) is 2.69. The van der Waals surface area contributed by atoms with Crippen LogP contribution in [0.15, 0.2) is 48.5 Å². The van der Waals surface area contributed by atoms with Crippen LogP contribution in [0.3, 0.4) is 0 Å². The maximum atomic E-state index is 13.3. The summed E-state index contributed by atoms with van der Waals surface area (Å²) in [5.74, 6) is -0.532. The van der Waals surface area contributed by atoms with Crippen LogP contribution in [0.1, 0.15) is 12.0 Å².